The summed E-state index contributed by atoms with van der Waals surface area (Å²) in [6.45, 7) is 5.57. The van der Waals surface area contributed by atoms with E-state index in [0.29, 0.717) is 12.1 Å². The quantitative estimate of drug-likeness (QED) is 0.914. The van der Waals surface area contributed by atoms with Crippen molar-refractivity contribution in [2.75, 3.05) is 13.1 Å². The number of carbonyl (C=O) groups excluding carboxylic acids is 2. The fourth-order valence-electron chi connectivity index (χ4n) is 4.56. The van der Waals surface area contributed by atoms with Crippen molar-refractivity contribution in [3.05, 3.63) is 36.0 Å². The molecule has 0 saturated carbocycles. The van der Waals surface area contributed by atoms with E-state index in [0.717, 1.165) is 43.1 Å². The molecule has 2 saturated heterocycles. The fraction of sp³-hybridized carbons (Fsp3) is 0.500. The van der Waals surface area contributed by atoms with Crippen LogP contribution in [0.4, 0.5) is 0 Å². The van der Waals surface area contributed by atoms with Crippen LogP contribution >= 0.6 is 0 Å². The van der Waals surface area contributed by atoms with Crippen molar-refractivity contribution in [3.63, 3.8) is 0 Å². The van der Waals surface area contributed by atoms with Gasteiger partial charge in [-0.25, -0.2) is 0 Å². The highest BCUT2D eigenvalue weighted by atomic mass is 16.2. The summed E-state index contributed by atoms with van der Waals surface area (Å²) >= 11 is 0. The second-order valence-corrected chi connectivity index (χ2v) is 7.54. The van der Waals surface area contributed by atoms with Gasteiger partial charge in [-0.15, -0.1) is 0 Å². The molecule has 1 aromatic heterocycles. The molecule has 2 fully saturated rings. The Balaban J connectivity index is 1.72. The van der Waals surface area contributed by atoms with Crippen LogP contribution in [0.15, 0.2) is 30.5 Å². The predicted molar refractivity (Wildman–Crippen MR) is 97.4 cm³/mol. The molecular formula is C20H25N3O2. The molecule has 25 heavy (non-hydrogen) atoms. The van der Waals surface area contributed by atoms with Gasteiger partial charge in [0.2, 0.25) is 5.91 Å². The van der Waals surface area contributed by atoms with Crippen LogP contribution in [0.25, 0.3) is 10.9 Å². The second-order valence-electron chi connectivity index (χ2n) is 7.54. The van der Waals surface area contributed by atoms with Gasteiger partial charge in [0.1, 0.15) is 5.54 Å². The molecule has 5 nitrogen and oxygen atoms in total. The zero-order valence-electron chi connectivity index (χ0n) is 14.9. The number of aromatic nitrogens is 1. The third-order valence-electron chi connectivity index (χ3n) is 5.83. The first-order valence-electron chi connectivity index (χ1n) is 9.24. The minimum atomic E-state index is -0.641. The van der Waals surface area contributed by atoms with Crippen molar-refractivity contribution in [3.8, 4) is 0 Å². The Morgan fingerprint density at radius 2 is 1.88 bits per heavy atom. The molecule has 5 heteroatoms. The van der Waals surface area contributed by atoms with E-state index < -0.39 is 5.54 Å². The van der Waals surface area contributed by atoms with E-state index >= 15 is 0 Å². The third-order valence-corrected chi connectivity index (χ3v) is 5.83. The van der Waals surface area contributed by atoms with Crippen molar-refractivity contribution in [2.24, 2.45) is 0 Å². The number of fused-ring (bicyclic) bond motifs is 1. The number of nitrogens with zero attached hydrogens (tertiary/aromatic N) is 2. The number of nitrogens with one attached hydrogen (secondary N) is 1. The number of H-pyrrole nitrogens is 1. The van der Waals surface area contributed by atoms with Gasteiger partial charge in [-0.3, -0.25) is 9.59 Å². The SMILES string of the molecule is CC(C)N1CCCC2(CCCN2C(=O)c2c[nH]c3ccccc23)C1=O. The lowest BCUT2D eigenvalue weighted by Gasteiger charge is -2.46. The summed E-state index contributed by atoms with van der Waals surface area (Å²) < 4.78 is 0. The molecule has 4 rings (SSSR count). The molecule has 1 aromatic carbocycles. The number of rotatable bonds is 2. The first-order chi connectivity index (χ1) is 12.0. The number of benzene rings is 1. The Morgan fingerprint density at radius 1 is 1.16 bits per heavy atom. The third kappa shape index (κ3) is 2.36. The maximum atomic E-state index is 13.4. The molecule has 1 unspecified atom stereocenters. The van der Waals surface area contributed by atoms with Crippen molar-refractivity contribution in [1.29, 1.82) is 0 Å². The predicted octanol–water partition coefficient (Wildman–Crippen LogP) is 3.17. The number of para-hydroxylation sites is 1. The lowest BCUT2D eigenvalue weighted by Crippen LogP contribution is -2.62. The molecule has 2 aliphatic rings. The number of hydrogen-bond donors (Lipinski definition) is 1. The Bertz CT molecular complexity index is 825. The number of hydrogen-bond acceptors (Lipinski definition) is 2. The number of likely N-dealkylation sites (tertiary alicyclic amines) is 2. The number of piperidine rings is 1. The van der Waals surface area contributed by atoms with E-state index in [1.54, 1.807) is 6.20 Å². The van der Waals surface area contributed by atoms with Gasteiger partial charge in [-0.05, 0) is 45.6 Å². The largest absolute Gasteiger partial charge is 0.360 e. The van der Waals surface area contributed by atoms with E-state index in [-0.39, 0.29) is 17.9 Å². The molecule has 132 valence electrons. The maximum Gasteiger partial charge on any atom is 0.256 e. The van der Waals surface area contributed by atoms with Crippen LogP contribution < -0.4 is 0 Å². The van der Waals surface area contributed by atoms with Crippen molar-refractivity contribution in [1.82, 2.24) is 14.8 Å². The summed E-state index contributed by atoms with van der Waals surface area (Å²) in [5.74, 6) is 0.119. The smallest absolute Gasteiger partial charge is 0.256 e. The topological polar surface area (TPSA) is 56.4 Å². The van der Waals surface area contributed by atoms with Crippen LogP contribution in [0, 0.1) is 0 Å². The number of aromatic amines is 1. The summed E-state index contributed by atoms with van der Waals surface area (Å²) in [4.78, 5) is 33.6. The van der Waals surface area contributed by atoms with E-state index in [2.05, 4.69) is 18.8 Å². The van der Waals surface area contributed by atoms with Crippen molar-refractivity contribution >= 4 is 22.7 Å². The zero-order valence-corrected chi connectivity index (χ0v) is 14.9. The van der Waals surface area contributed by atoms with Crippen molar-refractivity contribution < 1.29 is 9.59 Å². The Kier molecular flexibility index (Phi) is 3.82. The first kappa shape index (κ1) is 16.2. The van der Waals surface area contributed by atoms with Crippen LogP contribution in [0.5, 0.6) is 0 Å². The minimum Gasteiger partial charge on any atom is -0.360 e. The zero-order chi connectivity index (χ0) is 17.6. The van der Waals surface area contributed by atoms with E-state index in [4.69, 9.17) is 0 Å². The summed E-state index contributed by atoms with van der Waals surface area (Å²) in [5, 5.41) is 0.929. The monoisotopic (exact) mass is 339 g/mol. The molecule has 1 N–H and O–H groups in total. The Hall–Kier alpha value is -2.30. The highest BCUT2D eigenvalue weighted by Crippen LogP contribution is 2.40. The van der Waals surface area contributed by atoms with Crippen LogP contribution in [0.1, 0.15) is 49.9 Å². The highest BCUT2D eigenvalue weighted by Gasteiger charge is 2.53. The molecule has 3 heterocycles. The summed E-state index contributed by atoms with van der Waals surface area (Å²) in [6, 6.07) is 8.01. The molecule has 0 radical (unpaired) electrons. The standard InChI is InChI=1S/C20H25N3O2/c1-14(2)22-11-5-9-20(19(22)25)10-6-12-23(20)18(24)16-13-21-17-8-4-3-7-15(16)17/h3-4,7-8,13-14,21H,5-6,9-12H2,1-2H3. The van der Waals surface area contributed by atoms with Gasteiger partial charge in [0.15, 0.2) is 0 Å². The molecular weight excluding hydrogens is 314 g/mol. The molecule has 2 aromatic rings. The van der Waals surface area contributed by atoms with Gasteiger partial charge in [0.05, 0.1) is 5.56 Å². The molecule has 0 bridgehead atoms. The lowest BCUT2D eigenvalue weighted by atomic mass is 9.84. The Morgan fingerprint density at radius 3 is 2.64 bits per heavy atom. The molecule has 2 aliphatic heterocycles. The van der Waals surface area contributed by atoms with Gasteiger partial charge >= 0.3 is 0 Å². The van der Waals surface area contributed by atoms with Crippen LogP contribution in [0.3, 0.4) is 0 Å². The van der Waals surface area contributed by atoms with Crippen LogP contribution in [-0.4, -0.2) is 51.3 Å². The van der Waals surface area contributed by atoms with Gasteiger partial charge in [0.25, 0.3) is 5.91 Å². The fourth-order valence-corrected chi connectivity index (χ4v) is 4.56. The van der Waals surface area contributed by atoms with Gasteiger partial charge in [0, 0.05) is 36.2 Å². The minimum absolute atomic E-state index is 0.0195. The molecule has 0 aliphatic carbocycles. The number of carbonyl (C=O) groups is 2. The second kappa shape index (κ2) is 5.90. The van der Waals surface area contributed by atoms with Gasteiger partial charge in [-0.1, -0.05) is 18.2 Å². The highest BCUT2D eigenvalue weighted by molar-refractivity contribution is 6.08. The molecule has 1 atom stereocenters. The lowest BCUT2D eigenvalue weighted by molar-refractivity contribution is -0.147. The van der Waals surface area contributed by atoms with Crippen LogP contribution in [0.2, 0.25) is 0 Å². The Labute approximate surface area is 148 Å². The average Bonchev–Trinajstić information content (AvgIpc) is 3.21. The normalized spacial score (nSPS) is 24.0. The summed E-state index contributed by atoms with van der Waals surface area (Å²) in [5.41, 5.74) is 0.988. The summed E-state index contributed by atoms with van der Waals surface area (Å²) in [7, 11) is 0. The first-order valence-corrected chi connectivity index (χ1v) is 9.24. The van der Waals surface area contributed by atoms with Gasteiger partial charge < -0.3 is 14.8 Å². The van der Waals surface area contributed by atoms with E-state index in [1.807, 2.05) is 34.1 Å². The van der Waals surface area contributed by atoms with Crippen LogP contribution in [-0.2, 0) is 4.79 Å². The summed E-state index contributed by atoms with van der Waals surface area (Å²) in [6.07, 6.45) is 5.20. The van der Waals surface area contributed by atoms with Gasteiger partial charge in [-0.2, -0.15) is 0 Å². The van der Waals surface area contributed by atoms with E-state index in [1.165, 1.54) is 0 Å². The maximum absolute atomic E-state index is 13.4. The van der Waals surface area contributed by atoms with E-state index in [9.17, 15) is 9.59 Å². The number of amides is 2. The van der Waals surface area contributed by atoms with Crippen molar-refractivity contribution in [2.45, 2.75) is 51.1 Å². The molecule has 1 spiro atoms. The average molecular weight is 339 g/mol. The molecule has 2 amide bonds.